The topological polar surface area (TPSA) is 109 Å². The maximum absolute atomic E-state index is 11.3. The van der Waals surface area contributed by atoms with Crippen LogP contribution >= 0.6 is 11.6 Å². The number of benzene rings is 1. The molecule has 0 fully saturated rings. The molecule has 4 heterocycles. The Labute approximate surface area is 182 Å². The van der Waals surface area contributed by atoms with Crippen molar-refractivity contribution in [3.63, 3.8) is 0 Å². The Balaban J connectivity index is 1.44. The van der Waals surface area contributed by atoms with Crippen molar-refractivity contribution in [3.05, 3.63) is 59.3 Å². The quantitative estimate of drug-likeness (QED) is 0.502. The molecule has 1 aliphatic rings. The number of amides is 1. The summed E-state index contributed by atoms with van der Waals surface area (Å²) in [6.07, 6.45) is 4.68. The van der Waals surface area contributed by atoms with Gasteiger partial charge in [-0.1, -0.05) is 17.7 Å². The molecule has 0 saturated heterocycles. The first-order valence-electron chi connectivity index (χ1n) is 9.64. The highest BCUT2D eigenvalue weighted by Crippen LogP contribution is 2.29. The van der Waals surface area contributed by atoms with Crippen LogP contribution in [-0.2, 0) is 20.0 Å². The number of anilines is 2. The summed E-state index contributed by atoms with van der Waals surface area (Å²) in [7, 11) is 1.94. The third kappa shape index (κ3) is 3.64. The number of carboxylic acid groups (broad SMARTS) is 1. The SMILES string of the molecule is Cn1cnc2cc(-c3nc(Nc4cnc5c(c4)CN(C(=O)O)CC5)ncc3Cl)ccc21. The molecular formula is C21H18ClN7O2. The maximum Gasteiger partial charge on any atom is 0.407 e. The van der Waals surface area contributed by atoms with E-state index in [4.69, 9.17) is 11.6 Å². The highest BCUT2D eigenvalue weighted by atomic mass is 35.5. The number of aromatic nitrogens is 5. The number of carbonyl (C=O) groups is 1. The van der Waals surface area contributed by atoms with Crippen molar-refractivity contribution in [2.24, 2.45) is 7.05 Å². The van der Waals surface area contributed by atoms with Crippen LogP contribution in [0.2, 0.25) is 5.02 Å². The molecule has 156 valence electrons. The Kier molecular flexibility index (Phi) is 4.67. The Morgan fingerprint density at radius 1 is 1.19 bits per heavy atom. The Morgan fingerprint density at radius 3 is 2.90 bits per heavy atom. The summed E-state index contributed by atoms with van der Waals surface area (Å²) in [6.45, 7) is 0.760. The molecule has 0 atom stereocenters. The molecule has 0 saturated carbocycles. The second-order valence-electron chi connectivity index (χ2n) is 7.36. The molecule has 10 heteroatoms. The number of hydrogen-bond donors (Lipinski definition) is 2. The second-order valence-corrected chi connectivity index (χ2v) is 7.77. The first-order chi connectivity index (χ1) is 15.0. The van der Waals surface area contributed by atoms with Crippen LogP contribution in [0.5, 0.6) is 0 Å². The number of halogens is 1. The molecule has 4 aromatic rings. The van der Waals surface area contributed by atoms with Crippen molar-refractivity contribution >= 4 is 40.4 Å². The van der Waals surface area contributed by atoms with E-state index in [2.05, 4.69) is 25.3 Å². The summed E-state index contributed by atoms with van der Waals surface area (Å²) >= 11 is 6.38. The summed E-state index contributed by atoms with van der Waals surface area (Å²) in [5.41, 5.74) is 5.75. The van der Waals surface area contributed by atoms with Gasteiger partial charge in [-0.2, -0.15) is 0 Å². The van der Waals surface area contributed by atoms with E-state index in [-0.39, 0.29) is 0 Å². The lowest BCUT2D eigenvalue weighted by atomic mass is 10.1. The molecule has 31 heavy (non-hydrogen) atoms. The van der Waals surface area contributed by atoms with Crippen molar-refractivity contribution in [1.82, 2.24) is 29.4 Å². The number of pyridine rings is 1. The zero-order valence-corrected chi connectivity index (χ0v) is 17.3. The van der Waals surface area contributed by atoms with E-state index >= 15 is 0 Å². The molecule has 0 bridgehead atoms. The highest BCUT2D eigenvalue weighted by Gasteiger charge is 2.21. The monoisotopic (exact) mass is 435 g/mol. The standard InChI is InChI=1S/C21H18ClN7O2/c1-28-11-25-17-7-12(2-3-18(17)28)19-15(22)9-24-20(27-19)26-14-6-13-10-29(21(30)31)5-4-16(13)23-8-14/h2-3,6-9,11H,4-5,10H2,1H3,(H,30,31)(H,24,26,27). The van der Waals surface area contributed by atoms with Gasteiger partial charge in [0.15, 0.2) is 0 Å². The Bertz CT molecular complexity index is 1320. The molecule has 0 aliphatic carbocycles. The van der Waals surface area contributed by atoms with Crippen molar-refractivity contribution in [2.45, 2.75) is 13.0 Å². The van der Waals surface area contributed by atoms with E-state index < -0.39 is 6.09 Å². The Morgan fingerprint density at radius 2 is 2.06 bits per heavy atom. The molecule has 2 N–H and O–H groups in total. The molecule has 1 aromatic carbocycles. The lowest BCUT2D eigenvalue weighted by Crippen LogP contribution is -2.35. The van der Waals surface area contributed by atoms with Gasteiger partial charge in [-0.15, -0.1) is 0 Å². The summed E-state index contributed by atoms with van der Waals surface area (Å²) in [5, 5.41) is 12.8. The number of fused-ring (bicyclic) bond motifs is 2. The fraction of sp³-hybridized carbons (Fsp3) is 0.190. The van der Waals surface area contributed by atoms with Gasteiger partial charge in [0, 0.05) is 31.3 Å². The zero-order valence-electron chi connectivity index (χ0n) is 16.6. The van der Waals surface area contributed by atoms with E-state index in [9.17, 15) is 9.90 Å². The predicted octanol–water partition coefficient (Wildman–Crippen LogP) is 3.86. The molecule has 5 rings (SSSR count). The lowest BCUT2D eigenvalue weighted by Gasteiger charge is -2.25. The minimum atomic E-state index is -0.931. The first-order valence-corrected chi connectivity index (χ1v) is 10.0. The van der Waals surface area contributed by atoms with Crippen LogP contribution in [-0.4, -0.2) is 47.1 Å². The van der Waals surface area contributed by atoms with Crippen LogP contribution in [0.25, 0.3) is 22.3 Å². The van der Waals surface area contributed by atoms with Gasteiger partial charge in [0.1, 0.15) is 0 Å². The summed E-state index contributed by atoms with van der Waals surface area (Å²) in [5.74, 6) is 0.369. The van der Waals surface area contributed by atoms with Crippen LogP contribution in [0.3, 0.4) is 0 Å². The van der Waals surface area contributed by atoms with Gasteiger partial charge in [-0.05, 0) is 23.8 Å². The van der Waals surface area contributed by atoms with Gasteiger partial charge in [0.05, 0.1) is 52.7 Å². The average molecular weight is 436 g/mol. The van der Waals surface area contributed by atoms with Gasteiger partial charge >= 0.3 is 6.09 Å². The summed E-state index contributed by atoms with van der Waals surface area (Å²) in [4.78, 5) is 30.4. The van der Waals surface area contributed by atoms with E-state index in [0.717, 1.165) is 27.9 Å². The molecule has 0 spiro atoms. The highest BCUT2D eigenvalue weighted by molar-refractivity contribution is 6.33. The third-order valence-electron chi connectivity index (χ3n) is 5.31. The van der Waals surface area contributed by atoms with Crippen LogP contribution in [0.15, 0.2) is 43.0 Å². The molecule has 9 nitrogen and oxygen atoms in total. The van der Waals surface area contributed by atoms with Gasteiger partial charge in [0.25, 0.3) is 0 Å². The number of imidazole rings is 1. The van der Waals surface area contributed by atoms with Crippen molar-refractivity contribution in [2.75, 3.05) is 11.9 Å². The largest absolute Gasteiger partial charge is 0.465 e. The minimum Gasteiger partial charge on any atom is -0.465 e. The van der Waals surface area contributed by atoms with Gasteiger partial charge in [-0.3, -0.25) is 4.98 Å². The number of aryl methyl sites for hydroxylation is 1. The Hall–Kier alpha value is -3.72. The van der Waals surface area contributed by atoms with E-state index in [0.29, 0.717) is 41.9 Å². The van der Waals surface area contributed by atoms with Crippen LogP contribution in [0.1, 0.15) is 11.3 Å². The van der Waals surface area contributed by atoms with E-state index in [1.807, 2.05) is 35.9 Å². The number of nitrogens with one attached hydrogen (secondary N) is 1. The number of hydrogen-bond acceptors (Lipinski definition) is 6. The summed E-state index contributed by atoms with van der Waals surface area (Å²) < 4.78 is 1.95. The maximum atomic E-state index is 11.3. The van der Waals surface area contributed by atoms with Gasteiger partial charge < -0.3 is 19.9 Å². The second kappa shape index (κ2) is 7.51. The lowest BCUT2D eigenvalue weighted by molar-refractivity contribution is 0.139. The molecule has 3 aromatic heterocycles. The predicted molar refractivity (Wildman–Crippen MR) is 116 cm³/mol. The molecule has 1 aliphatic heterocycles. The fourth-order valence-corrected chi connectivity index (χ4v) is 3.90. The zero-order chi connectivity index (χ0) is 21.5. The van der Waals surface area contributed by atoms with Crippen LogP contribution in [0, 0.1) is 0 Å². The normalized spacial score (nSPS) is 13.3. The molecule has 1 amide bonds. The van der Waals surface area contributed by atoms with E-state index in [1.165, 1.54) is 4.90 Å². The van der Waals surface area contributed by atoms with Crippen LogP contribution < -0.4 is 5.32 Å². The third-order valence-corrected chi connectivity index (χ3v) is 5.59. The number of rotatable bonds is 3. The molecule has 0 unspecified atom stereocenters. The molecular weight excluding hydrogens is 418 g/mol. The smallest absolute Gasteiger partial charge is 0.407 e. The summed E-state index contributed by atoms with van der Waals surface area (Å²) in [6, 6.07) is 7.75. The molecule has 0 radical (unpaired) electrons. The van der Waals surface area contributed by atoms with Crippen molar-refractivity contribution < 1.29 is 9.90 Å². The van der Waals surface area contributed by atoms with Crippen molar-refractivity contribution in [3.8, 4) is 11.3 Å². The average Bonchev–Trinajstić information content (AvgIpc) is 3.14. The van der Waals surface area contributed by atoms with Crippen LogP contribution in [0.4, 0.5) is 16.4 Å². The van der Waals surface area contributed by atoms with Gasteiger partial charge in [0.2, 0.25) is 5.95 Å². The van der Waals surface area contributed by atoms with Crippen molar-refractivity contribution in [1.29, 1.82) is 0 Å². The number of nitrogens with zero attached hydrogens (tertiary/aromatic N) is 6. The minimum absolute atomic E-state index is 0.310. The van der Waals surface area contributed by atoms with E-state index in [1.54, 1.807) is 18.7 Å². The van der Waals surface area contributed by atoms with Gasteiger partial charge in [-0.25, -0.2) is 19.7 Å². The fourth-order valence-electron chi connectivity index (χ4n) is 3.70. The first kappa shape index (κ1) is 19.3.